The van der Waals surface area contributed by atoms with Crippen LogP contribution in [0.25, 0.3) is 11.0 Å². The lowest BCUT2D eigenvalue weighted by Crippen LogP contribution is -2.18. The average molecular weight is 382 g/mol. The van der Waals surface area contributed by atoms with Crippen molar-refractivity contribution in [3.63, 3.8) is 0 Å². The highest BCUT2D eigenvalue weighted by Gasteiger charge is 2.41. The van der Waals surface area contributed by atoms with E-state index in [1.807, 2.05) is 0 Å². The zero-order chi connectivity index (χ0) is 19.2. The molecule has 9 heteroatoms. The van der Waals surface area contributed by atoms with Crippen molar-refractivity contribution in [2.45, 2.75) is 6.18 Å². The minimum absolute atomic E-state index is 0.0744. The molecule has 0 radical (unpaired) electrons. The van der Waals surface area contributed by atoms with Gasteiger partial charge in [-0.1, -0.05) is 0 Å². The van der Waals surface area contributed by atoms with Crippen LogP contribution in [0.3, 0.4) is 0 Å². The molecule has 0 saturated heterocycles. The summed E-state index contributed by atoms with van der Waals surface area (Å²) in [5.74, 6) is -3.31. The Morgan fingerprint density at radius 1 is 0.963 bits per heavy atom. The Kier molecular flexibility index (Phi) is 3.94. The fourth-order valence-electron chi connectivity index (χ4n) is 2.64. The number of hydrogen-bond acceptors (Lipinski definition) is 5. The standard InChI is InChI=1S/C18H10F4O5/c19-9-1-3-10(4-2-9)26-16-13(23)11-5-6-12-15(25-8-7-24-12)14(11)27-17(16)18(20,21)22/h1-6H,7-8H2. The van der Waals surface area contributed by atoms with Gasteiger partial charge in [0.05, 0.1) is 5.39 Å². The van der Waals surface area contributed by atoms with Crippen molar-refractivity contribution in [3.8, 4) is 23.0 Å². The van der Waals surface area contributed by atoms with E-state index < -0.39 is 28.9 Å². The van der Waals surface area contributed by atoms with E-state index in [-0.39, 0.29) is 41.4 Å². The van der Waals surface area contributed by atoms with Gasteiger partial charge in [0, 0.05) is 0 Å². The van der Waals surface area contributed by atoms with Crippen LogP contribution < -0.4 is 19.6 Å². The third-order valence-corrected chi connectivity index (χ3v) is 3.82. The van der Waals surface area contributed by atoms with Crippen LogP contribution in [0, 0.1) is 5.82 Å². The van der Waals surface area contributed by atoms with Gasteiger partial charge in [-0.3, -0.25) is 4.79 Å². The van der Waals surface area contributed by atoms with Crippen LogP contribution in [-0.4, -0.2) is 13.2 Å². The molecule has 0 spiro atoms. The van der Waals surface area contributed by atoms with Crippen LogP contribution in [-0.2, 0) is 6.18 Å². The molecule has 0 unspecified atom stereocenters. The van der Waals surface area contributed by atoms with Gasteiger partial charge in [0.1, 0.15) is 24.8 Å². The second kappa shape index (κ2) is 6.19. The molecule has 0 saturated carbocycles. The zero-order valence-electron chi connectivity index (χ0n) is 13.4. The summed E-state index contributed by atoms with van der Waals surface area (Å²) in [5, 5.41) is -0.163. The van der Waals surface area contributed by atoms with Crippen molar-refractivity contribution >= 4 is 11.0 Å². The van der Waals surface area contributed by atoms with Crippen LogP contribution in [0.1, 0.15) is 5.76 Å². The largest absolute Gasteiger partial charge is 0.486 e. The lowest BCUT2D eigenvalue weighted by molar-refractivity contribution is -0.154. The molecule has 140 valence electrons. The van der Waals surface area contributed by atoms with Gasteiger partial charge in [0.25, 0.3) is 5.76 Å². The van der Waals surface area contributed by atoms with Crippen LogP contribution in [0.2, 0.25) is 0 Å². The van der Waals surface area contributed by atoms with Crippen molar-refractivity contribution < 1.29 is 36.2 Å². The van der Waals surface area contributed by atoms with Crippen LogP contribution in [0.5, 0.6) is 23.0 Å². The van der Waals surface area contributed by atoms with Crippen molar-refractivity contribution in [2.75, 3.05) is 13.2 Å². The first kappa shape index (κ1) is 17.2. The molecule has 27 heavy (non-hydrogen) atoms. The van der Waals surface area contributed by atoms with E-state index in [1.54, 1.807) is 0 Å². The maximum absolute atomic E-state index is 13.5. The van der Waals surface area contributed by atoms with Gasteiger partial charge < -0.3 is 18.6 Å². The number of hydrogen-bond donors (Lipinski definition) is 0. The Labute approximate surface area is 148 Å². The second-order valence-corrected chi connectivity index (χ2v) is 5.61. The number of ether oxygens (including phenoxy) is 3. The molecule has 4 rings (SSSR count). The van der Waals surface area contributed by atoms with Crippen molar-refractivity contribution in [1.82, 2.24) is 0 Å². The molecule has 3 aromatic rings. The average Bonchev–Trinajstić information content (AvgIpc) is 2.64. The molecule has 2 aromatic carbocycles. The lowest BCUT2D eigenvalue weighted by Gasteiger charge is -2.20. The molecule has 2 heterocycles. The summed E-state index contributed by atoms with van der Waals surface area (Å²) in [5.41, 5.74) is -1.42. The van der Waals surface area contributed by atoms with E-state index in [4.69, 9.17) is 18.6 Å². The van der Waals surface area contributed by atoms with Gasteiger partial charge in [-0.2, -0.15) is 13.2 Å². The molecular formula is C18H10F4O5. The smallest absolute Gasteiger partial charge is 0.453 e. The maximum atomic E-state index is 13.5. The first-order chi connectivity index (χ1) is 12.8. The third kappa shape index (κ3) is 3.05. The molecule has 1 aliphatic rings. The Hall–Kier alpha value is -3.23. The summed E-state index contributed by atoms with van der Waals surface area (Å²) in [4.78, 5) is 12.7. The van der Waals surface area contributed by atoms with E-state index in [1.165, 1.54) is 12.1 Å². The SMILES string of the molecule is O=c1c(Oc2ccc(F)cc2)c(C(F)(F)F)oc2c3c(ccc12)OCCO3. The lowest BCUT2D eigenvalue weighted by atomic mass is 10.1. The van der Waals surface area contributed by atoms with Gasteiger partial charge in [-0.15, -0.1) is 0 Å². The van der Waals surface area contributed by atoms with E-state index in [0.717, 1.165) is 24.3 Å². The molecule has 0 N–H and O–H groups in total. The molecule has 5 nitrogen and oxygen atoms in total. The molecular weight excluding hydrogens is 372 g/mol. The number of halogens is 4. The van der Waals surface area contributed by atoms with E-state index in [0.29, 0.717) is 0 Å². The summed E-state index contributed by atoms with van der Waals surface area (Å²) in [7, 11) is 0. The fourth-order valence-corrected chi connectivity index (χ4v) is 2.64. The van der Waals surface area contributed by atoms with Crippen LogP contribution in [0.4, 0.5) is 17.6 Å². The number of benzene rings is 2. The van der Waals surface area contributed by atoms with Crippen LogP contribution >= 0.6 is 0 Å². The van der Waals surface area contributed by atoms with Crippen molar-refractivity contribution in [1.29, 1.82) is 0 Å². The highest BCUT2D eigenvalue weighted by Crippen LogP contribution is 2.43. The van der Waals surface area contributed by atoms with Gasteiger partial charge in [-0.25, -0.2) is 4.39 Å². The normalized spacial score (nSPS) is 13.6. The molecule has 0 fully saturated rings. The van der Waals surface area contributed by atoms with E-state index in [9.17, 15) is 22.4 Å². The Bertz CT molecular complexity index is 1070. The monoisotopic (exact) mass is 382 g/mol. The van der Waals surface area contributed by atoms with E-state index in [2.05, 4.69) is 0 Å². The Balaban J connectivity index is 1.95. The molecule has 0 aliphatic carbocycles. The molecule has 0 atom stereocenters. The Morgan fingerprint density at radius 3 is 2.37 bits per heavy atom. The molecule has 1 aromatic heterocycles. The molecule has 1 aliphatic heterocycles. The Morgan fingerprint density at radius 2 is 1.67 bits per heavy atom. The van der Waals surface area contributed by atoms with Crippen LogP contribution in [0.15, 0.2) is 45.6 Å². The van der Waals surface area contributed by atoms with Gasteiger partial charge in [-0.05, 0) is 36.4 Å². The fraction of sp³-hybridized carbons (Fsp3) is 0.167. The zero-order valence-corrected chi connectivity index (χ0v) is 13.4. The minimum atomic E-state index is -5.01. The number of alkyl halides is 3. The van der Waals surface area contributed by atoms with E-state index >= 15 is 0 Å². The third-order valence-electron chi connectivity index (χ3n) is 3.82. The minimum Gasteiger partial charge on any atom is -0.486 e. The topological polar surface area (TPSA) is 57.9 Å². The highest BCUT2D eigenvalue weighted by molar-refractivity contribution is 5.86. The quantitative estimate of drug-likeness (QED) is 0.611. The number of rotatable bonds is 2. The van der Waals surface area contributed by atoms with Gasteiger partial charge in [0.15, 0.2) is 11.3 Å². The summed E-state index contributed by atoms with van der Waals surface area (Å²) in [6.45, 7) is 0.325. The predicted molar refractivity (Wildman–Crippen MR) is 85.0 cm³/mol. The van der Waals surface area contributed by atoms with Gasteiger partial charge >= 0.3 is 6.18 Å². The summed E-state index contributed by atoms with van der Waals surface area (Å²) < 4.78 is 74.3. The first-order valence-corrected chi connectivity index (χ1v) is 7.74. The first-order valence-electron chi connectivity index (χ1n) is 7.74. The maximum Gasteiger partial charge on any atom is 0.453 e. The number of fused-ring (bicyclic) bond motifs is 3. The van der Waals surface area contributed by atoms with Crippen molar-refractivity contribution in [3.05, 3.63) is 58.2 Å². The van der Waals surface area contributed by atoms with Crippen molar-refractivity contribution in [2.24, 2.45) is 0 Å². The molecule has 0 bridgehead atoms. The highest BCUT2D eigenvalue weighted by atomic mass is 19.4. The summed E-state index contributed by atoms with van der Waals surface area (Å²) in [6.07, 6.45) is -5.01. The molecule has 0 amide bonds. The summed E-state index contributed by atoms with van der Waals surface area (Å²) >= 11 is 0. The summed E-state index contributed by atoms with van der Waals surface area (Å²) in [6, 6.07) is 6.86. The predicted octanol–water partition coefficient (Wildman–Crippen LogP) is 4.51. The second-order valence-electron chi connectivity index (χ2n) is 5.61. The van der Waals surface area contributed by atoms with Gasteiger partial charge in [0.2, 0.25) is 16.9 Å².